The Morgan fingerprint density at radius 1 is 0.821 bits per heavy atom. The van der Waals surface area contributed by atoms with Crippen molar-refractivity contribution in [2.75, 3.05) is 6.61 Å². The Kier molecular flexibility index (Phi) is 16.7. The highest BCUT2D eigenvalue weighted by Crippen LogP contribution is 2.14. The Morgan fingerprint density at radius 3 is 1.71 bits per heavy atom. The van der Waals surface area contributed by atoms with E-state index in [9.17, 15) is 24.6 Å². The van der Waals surface area contributed by atoms with E-state index in [4.69, 9.17) is 9.47 Å². The van der Waals surface area contributed by atoms with E-state index in [1.807, 2.05) is 0 Å². The van der Waals surface area contributed by atoms with Gasteiger partial charge in [-0.25, -0.2) is 0 Å². The molecule has 0 aliphatic carbocycles. The van der Waals surface area contributed by atoms with E-state index in [0.29, 0.717) is 19.1 Å². The molecule has 2 N–H and O–H groups in total. The number of esters is 2. The summed E-state index contributed by atoms with van der Waals surface area (Å²) in [5.41, 5.74) is 0. The lowest BCUT2D eigenvalue weighted by Crippen LogP contribution is -2.46. The van der Waals surface area contributed by atoms with Crippen molar-refractivity contribution < 1.29 is 34.1 Å². The first-order chi connectivity index (χ1) is 13.5. The molecule has 28 heavy (non-hydrogen) atoms. The van der Waals surface area contributed by atoms with Crippen molar-refractivity contribution in [3.63, 3.8) is 0 Å². The van der Waals surface area contributed by atoms with Gasteiger partial charge in [-0.15, -0.1) is 0 Å². The number of aldehydes is 1. The number of hydrogen-bond donors (Lipinski definition) is 2. The lowest BCUT2D eigenvalue weighted by molar-refractivity contribution is -0.179. The van der Waals surface area contributed by atoms with Crippen LogP contribution in [0.2, 0.25) is 0 Å². The van der Waals surface area contributed by atoms with Crippen molar-refractivity contribution in [2.45, 2.75) is 109 Å². The third-order valence-electron chi connectivity index (χ3n) is 4.53. The van der Waals surface area contributed by atoms with Gasteiger partial charge in [-0.2, -0.15) is 0 Å². The fourth-order valence-corrected chi connectivity index (χ4v) is 2.81. The summed E-state index contributed by atoms with van der Waals surface area (Å²) in [6, 6.07) is 0. The van der Waals surface area contributed by atoms with Crippen LogP contribution in [0.1, 0.15) is 90.9 Å². The van der Waals surface area contributed by atoms with E-state index in [1.54, 1.807) is 0 Å². The van der Waals surface area contributed by atoms with Gasteiger partial charge in [0.05, 0.1) is 6.61 Å². The molecule has 0 unspecified atom stereocenters. The van der Waals surface area contributed by atoms with Crippen molar-refractivity contribution >= 4 is 18.2 Å². The molecule has 0 rings (SSSR count). The van der Waals surface area contributed by atoms with Gasteiger partial charge in [0.1, 0.15) is 6.10 Å². The predicted molar refractivity (Wildman–Crippen MR) is 106 cm³/mol. The summed E-state index contributed by atoms with van der Waals surface area (Å²) in [7, 11) is 0. The van der Waals surface area contributed by atoms with Crippen LogP contribution < -0.4 is 0 Å². The van der Waals surface area contributed by atoms with Gasteiger partial charge in [-0.3, -0.25) is 14.4 Å². The molecule has 0 heterocycles. The third-order valence-corrected chi connectivity index (χ3v) is 4.53. The molecule has 0 aromatic heterocycles. The standard InChI is InChI=1S/C21H38O7/c1-3-5-7-9-11-13-19(25)27-18(16-23)21(17(24)15-22)28-20(26)14-12-10-8-6-4-2/h16-18,21-22,24H,3-15H2,1-2H3/t17-,18+,21+/m1/s1. The lowest BCUT2D eigenvalue weighted by Gasteiger charge is -2.26. The normalized spacial score (nSPS) is 14.1. The van der Waals surface area contributed by atoms with Gasteiger partial charge >= 0.3 is 11.9 Å². The third kappa shape index (κ3) is 12.8. The number of aliphatic hydroxyl groups is 2. The van der Waals surface area contributed by atoms with Crippen LogP contribution in [0.3, 0.4) is 0 Å². The molecular weight excluding hydrogens is 364 g/mol. The molecule has 0 saturated carbocycles. The number of rotatable bonds is 18. The molecule has 0 fully saturated rings. The van der Waals surface area contributed by atoms with Crippen molar-refractivity contribution in [2.24, 2.45) is 0 Å². The van der Waals surface area contributed by atoms with E-state index in [0.717, 1.165) is 51.4 Å². The van der Waals surface area contributed by atoms with Crippen LogP contribution in [0, 0.1) is 0 Å². The summed E-state index contributed by atoms with van der Waals surface area (Å²) in [4.78, 5) is 35.3. The Hall–Kier alpha value is -1.47. The van der Waals surface area contributed by atoms with Crippen molar-refractivity contribution in [1.29, 1.82) is 0 Å². The van der Waals surface area contributed by atoms with Crippen LogP contribution in [0.4, 0.5) is 0 Å². The maximum Gasteiger partial charge on any atom is 0.306 e. The van der Waals surface area contributed by atoms with Crippen molar-refractivity contribution in [1.82, 2.24) is 0 Å². The lowest BCUT2D eigenvalue weighted by atomic mass is 10.1. The monoisotopic (exact) mass is 402 g/mol. The first kappa shape index (κ1) is 26.5. The topological polar surface area (TPSA) is 110 Å². The minimum absolute atomic E-state index is 0.148. The SMILES string of the molecule is CCCCCCCC(=O)O[C@@H]([C@H](O)CO)[C@H](C=O)OC(=O)CCCCCCC. The largest absolute Gasteiger partial charge is 0.455 e. The van der Waals surface area contributed by atoms with E-state index >= 15 is 0 Å². The molecule has 3 atom stereocenters. The number of unbranched alkanes of at least 4 members (excludes halogenated alkanes) is 8. The molecule has 0 saturated heterocycles. The summed E-state index contributed by atoms with van der Waals surface area (Å²) in [5, 5.41) is 19.1. The van der Waals surface area contributed by atoms with Crippen LogP contribution in [0.25, 0.3) is 0 Å². The first-order valence-corrected chi connectivity index (χ1v) is 10.6. The zero-order valence-electron chi connectivity index (χ0n) is 17.4. The quantitative estimate of drug-likeness (QED) is 0.206. The highest BCUT2D eigenvalue weighted by atomic mass is 16.6. The predicted octanol–water partition coefficient (Wildman–Crippen LogP) is 3.08. The molecule has 0 amide bonds. The van der Waals surface area contributed by atoms with Crippen LogP contribution in [0.5, 0.6) is 0 Å². The first-order valence-electron chi connectivity index (χ1n) is 10.6. The van der Waals surface area contributed by atoms with E-state index in [2.05, 4.69) is 13.8 Å². The van der Waals surface area contributed by atoms with Crippen LogP contribution in [0.15, 0.2) is 0 Å². The molecule has 0 aliphatic rings. The van der Waals surface area contributed by atoms with E-state index in [1.165, 1.54) is 0 Å². The zero-order chi connectivity index (χ0) is 21.2. The Labute approximate surface area is 168 Å². The zero-order valence-corrected chi connectivity index (χ0v) is 17.4. The molecule has 7 heteroatoms. The highest BCUT2D eigenvalue weighted by molar-refractivity contribution is 5.74. The highest BCUT2D eigenvalue weighted by Gasteiger charge is 2.34. The molecule has 0 bridgehead atoms. The van der Waals surface area contributed by atoms with Gasteiger partial charge in [0.2, 0.25) is 0 Å². The smallest absolute Gasteiger partial charge is 0.306 e. The number of aliphatic hydroxyl groups excluding tert-OH is 2. The molecule has 0 aromatic carbocycles. The van der Waals surface area contributed by atoms with Crippen molar-refractivity contribution in [3.8, 4) is 0 Å². The van der Waals surface area contributed by atoms with Crippen LogP contribution in [-0.4, -0.2) is 53.4 Å². The maximum atomic E-state index is 12.0. The molecular formula is C21H38O7. The number of hydrogen-bond acceptors (Lipinski definition) is 7. The molecule has 0 aliphatic heterocycles. The van der Waals surface area contributed by atoms with Crippen LogP contribution >= 0.6 is 0 Å². The fourth-order valence-electron chi connectivity index (χ4n) is 2.81. The summed E-state index contributed by atoms with van der Waals surface area (Å²) in [5.74, 6) is -1.17. The van der Waals surface area contributed by atoms with E-state index < -0.39 is 36.9 Å². The molecule has 0 spiro atoms. The second kappa shape index (κ2) is 17.6. The van der Waals surface area contributed by atoms with Gasteiger partial charge in [-0.05, 0) is 12.8 Å². The summed E-state index contributed by atoms with van der Waals surface area (Å²) in [6.45, 7) is 3.48. The average Bonchev–Trinajstić information content (AvgIpc) is 2.69. The fraction of sp³-hybridized carbons (Fsp3) is 0.857. The minimum atomic E-state index is -1.50. The molecule has 0 aromatic rings. The summed E-state index contributed by atoms with van der Waals surface area (Å²) in [6.07, 6.45) is 5.81. The molecule has 164 valence electrons. The van der Waals surface area contributed by atoms with E-state index in [-0.39, 0.29) is 12.8 Å². The number of ether oxygens (including phenoxy) is 2. The molecule has 7 nitrogen and oxygen atoms in total. The van der Waals surface area contributed by atoms with Crippen LogP contribution in [-0.2, 0) is 23.9 Å². The minimum Gasteiger partial charge on any atom is -0.455 e. The number of carbonyl (C=O) groups excluding carboxylic acids is 3. The van der Waals surface area contributed by atoms with Gasteiger partial charge in [0, 0.05) is 12.8 Å². The molecule has 0 radical (unpaired) electrons. The Morgan fingerprint density at radius 2 is 1.29 bits per heavy atom. The number of carbonyl (C=O) groups is 3. The second-order valence-corrected chi connectivity index (χ2v) is 7.12. The van der Waals surface area contributed by atoms with Gasteiger partial charge in [0.25, 0.3) is 0 Å². The van der Waals surface area contributed by atoms with Crippen molar-refractivity contribution in [3.05, 3.63) is 0 Å². The maximum absolute atomic E-state index is 12.0. The second-order valence-electron chi connectivity index (χ2n) is 7.12. The average molecular weight is 403 g/mol. The van der Waals surface area contributed by atoms with Gasteiger partial charge < -0.3 is 19.7 Å². The Balaban J connectivity index is 4.53. The Bertz CT molecular complexity index is 425. The summed E-state index contributed by atoms with van der Waals surface area (Å²) >= 11 is 0. The summed E-state index contributed by atoms with van der Waals surface area (Å²) < 4.78 is 10.3. The van der Waals surface area contributed by atoms with Gasteiger partial charge in [0.15, 0.2) is 18.5 Å². The van der Waals surface area contributed by atoms with Gasteiger partial charge in [-0.1, -0.05) is 65.2 Å².